The van der Waals surface area contributed by atoms with E-state index in [-0.39, 0.29) is 0 Å². The Kier molecular flexibility index (Phi) is 5.62. The zero-order valence-corrected chi connectivity index (χ0v) is 10.4. The number of hydrogen-bond donors (Lipinski definition) is 0. The molecule has 0 aromatic carbocycles. The average Bonchev–Trinajstić information content (AvgIpc) is 2.95. The first kappa shape index (κ1) is 13.0. The summed E-state index contributed by atoms with van der Waals surface area (Å²) < 4.78 is 0. The molecule has 13 heavy (non-hydrogen) atoms. The van der Waals surface area contributed by atoms with Gasteiger partial charge in [-0.05, 0) is 45.2 Å². The summed E-state index contributed by atoms with van der Waals surface area (Å²) in [5, 5.41) is 0. The lowest BCUT2D eigenvalue weighted by atomic mass is 9.99. The molecule has 1 aliphatic heterocycles. The van der Waals surface area contributed by atoms with Gasteiger partial charge in [0.2, 0.25) is 0 Å². The molecule has 1 aliphatic carbocycles. The van der Waals surface area contributed by atoms with Crippen LogP contribution in [0.2, 0.25) is 0 Å². The van der Waals surface area contributed by atoms with Crippen molar-refractivity contribution in [1.29, 1.82) is 0 Å². The molecule has 0 amide bonds. The third-order valence-electron chi connectivity index (χ3n) is 3.40. The largest absolute Gasteiger partial charge is 0.303 e. The molecule has 1 heteroatoms. The standard InChI is InChI=1S/C8H15N.2C2H6/c1-7-8(3-4-8)5-6-9(7)2;2*1-2/h7H,3-6H2,1-2H3;2*1-2H3. The Balaban J connectivity index is 0.000000322. The van der Waals surface area contributed by atoms with Gasteiger partial charge in [0, 0.05) is 6.04 Å². The summed E-state index contributed by atoms with van der Waals surface area (Å²) in [6, 6.07) is 0.873. The Bertz CT molecular complexity index is 127. The van der Waals surface area contributed by atoms with Gasteiger partial charge in [-0.3, -0.25) is 0 Å². The maximum atomic E-state index is 2.49. The predicted octanol–water partition coefficient (Wildman–Crippen LogP) is 3.54. The molecule has 0 bridgehead atoms. The third kappa shape index (κ3) is 2.70. The van der Waals surface area contributed by atoms with Crippen molar-refractivity contribution in [3.63, 3.8) is 0 Å². The van der Waals surface area contributed by atoms with Crippen LogP contribution in [0.3, 0.4) is 0 Å². The minimum absolute atomic E-state index is 0.800. The molecule has 1 atom stereocenters. The molecule has 1 unspecified atom stereocenters. The zero-order chi connectivity index (χ0) is 10.5. The van der Waals surface area contributed by atoms with E-state index in [0.717, 1.165) is 11.5 Å². The number of rotatable bonds is 0. The minimum Gasteiger partial charge on any atom is -0.303 e. The van der Waals surface area contributed by atoms with E-state index in [4.69, 9.17) is 0 Å². The van der Waals surface area contributed by atoms with Crippen LogP contribution in [0.1, 0.15) is 53.9 Å². The second-order valence-corrected chi connectivity index (χ2v) is 3.77. The van der Waals surface area contributed by atoms with Crippen LogP contribution in [-0.4, -0.2) is 24.5 Å². The van der Waals surface area contributed by atoms with Gasteiger partial charge in [0.1, 0.15) is 0 Å². The summed E-state index contributed by atoms with van der Waals surface area (Å²) in [7, 11) is 2.25. The summed E-state index contributed by atoms with van der Waals surface area (Å²) in [5.74, 6) is 0. The molecule has 0 aromatic rings. The molecule has 1 heterocycles. The fourth-order valence-corrected chi connectivity index (χ4v) is 2.10. The molecule has 0 N–H and O–H groups in total. The maximum Gasteiger partial charge on any atom is 0.0121 e. The Morgan fingerprint density at radius 2 is 1.46 bits per heavy atom. The Hall–Kier alpha value is -0.0400. The maximum absolute atomic E-state index is 2.49. The first-order valence-electron chi connectivity index (χ1n) is 5.95. The minimum atomic E-state index is 0.800. The van der Waals surface area contributed by atoms with Crippen molar-refractivity contribution in [3.05, 3.63) is 0 Å². The van der Waals surface area contributed by atoms with E-state index < -0.39 is 0 Å². The molecule has 1 nitrogen and oxygen atoms in total. The van der Waals surface area contributed by atoms with Crippen LogP contribution in [0.25, 0.3) is 0 Å². The fraction of sp³-hybridized carbons (Fsp3) is 1.00. The van der Waals surface area contributed by atoms with Gasteiger partial charge in [-0.1, -0.05) is 27.7 Å². The molecular formula is C12H27N. The third-order valence-corrected chi connectivity index (χ3v) is 3.40. The van der Waals surface area contributed by atoms with E-state index in [9.17, 15) is 0 Å². The quantitative estimate of drug-likeness (QED) is 0.558. The Morgan fingerprint density at radius 3 is 1.62 bits per heavy atom. The zero-order valence-electron chi connectivity index (χ0n) is 10.4. The van der Waals surface area contributed by atoms with E-state index in [1.165, 1.54) is 25.8 Å². The lowest BCUT2D eigenvalue weighted by Gasteiger charge is -2.18. The monoisotopic (exact) mass is 185 g/mol. The van der Waals surface area contributed by atoms with Crippen LogP contribution in [0.5, 0.6) is 0 Å². The molecule has 2 fully saturated rings. The average molecular weight is 185 g/mol. The van der Waals surface area contributed by atoms with Crippen LogP contribution in [0.4, 0.5) is 0 Å². The summed E-state index contributed by atoms with van der Waals surface area (Å²) in [4.78, 5) is 2.49. The van der Waals surface area contributed by atoms with E-state index >= 15 is 0 Å². The topological polar surface area (TPSA) is 3.24 Å². The molecular weight excluding hydrogens is 158 g/mol. The second kappa shape index (κ2) is 5.64. The van der Waals surface area contributed by atoms with Gasteiger partial charge in [-0.15, -0.1) is 0 Å². The number of nitrogens with zero attached hydrogens (tertiary/aromatic N) is 1. The summed E-state index contributed by atoms with van der Waals surface area (Å²) in [6.07, 6.45) is 4.46. The molecule has 80 valence electrons. The molecule has 1 spiro atoms. The lowest BCUT2D eigenvalue weighted by molar-refractivity contribution is 0.282. The first-order valence-corrected chi connectivity index (χ1v) is 5.95. The van der Waals surface area contributed by atoms with Crippen molar-refractivity contribution in [1.82, 2.24) is 4.90 Å². The SMILES string of the molecule is CC.CC.CC1N(C)CCC12CC2. The van der Waals surface area contributed by atoms with E-state index in [2.05, 4.69) is 18.9 Å². The predicted molar refractivity (Wildman–Crippen MR) is 61.1 cm³/mol. The molecule has 2 aliphatic rings. The van der Waals surface area contributed by atoms with Crippen molar-refractivity contribution >= 4 is 0 Å². The van der Waals surface area contributed by atoms with Crippen LogP contribution in [-0.2, 0) is 0 Å². The molecule has 0 aromatic heterocycles. The molecule has 1 saturated carbocycles. The summed E-state index contributed by atoms with van der Waals surface area (Å²) in [6.45, 7) is 11.7. The molecule has 2 rings (SSSR count). The molecule has 0 radical (unpaired) electrons. The van der Waals surface area contributed by atoms with Crippen molar-refractivity contribution in [2.45, 2.75) is 59.9 Å². The van der Waals surface area contributed by atoms with Crippen LogP contribution in [0.15, 0.2) is 0 Å². The van der Waals surface area contributed by atoms with Gasteiger partial charge in [-0.25, -0.2) is 0 Å². The fourth-order valence-electron chi connectivity index (χ4n) is 2.10. The molecule has 1 saturated heterocycles. The van der Waals surface area contributed by atoms with Crippen LogP contribution in [0, 0.1) is 5.41 Å². The Labute approximate surface area is 84.5 Å². The van der Waals surface area contributed by atoms with Gasteiger partial charge < -0.3 is 4.90 Å². The van der Waals surface area contributed by atoms with E-state index in [1.807, 2.05) is 27.7 Å². The van der Waals surface area contributed by atoms with Gasteiger partial charge >= 0.3 is 0 Å². The summed E-state index contributed by atoms with van der Waals surface area (Å²) in [5.41, 5.74) is 0.800. The highest BCUT2D eigenvalue weighted by atomic mass is 15.2. The Morgan fingerprint density at radius 1 is 1.00 bits per heavy atom. The normalized spacial score (nSPS) is 28.6. The van der Waals surface area contributed by atoms with Crippen molar-refractivity contribution in [3.8, 4) is 0 Å². The highest BCUT2D eigenvalue weighted by Crippen LogP contribution is 2.56. The van der Waals surface area contributed by atoms with Crippen LogP contribution < -0.4 is 0 Å². The van der Waals surface area contributed by atoms with Crippen LogP contribution >= 0.6 is 0 Å². The second-order valence-electron chi connectivity index (χ2n) is 3.77. The number of likely N-dealkylation sites (tertiary alicyclic amines) is 1. The van der Waals surface area contributed by atoms with Gasteiger partial charge in [0.05, 0.1) is 0 Å². The highest BCUT2D eigenvalue weighted by Gasteiger charge is 2.51. The highest BCUT2D eigenvalue weighted by molar-refractivity contribution is 5.05. The lowest BCUT2D eigenvalue weighted by Crippen LogP contribution is -2.26. The van der Waals surface area contributed by atoms with E-state index in [0.29, 0.717) is 0 Å². The first-order chi connectivity index (χ1) is 6.25. The van der Waals surface area contributed by atoms with Gasteiger partial charge in [0.15, 0.2) is 0 Å². The van der Waals surface area contributed by atoms with Crippen molar-refractivity contribution in [2.75, 3.05) is 13.6 Å². The van der Waals surface area contributed by atoms with Gasteiger partial charge in [-0.2, -0.15) is 0 Å². The van der Waals surface area contributed by atoms with E-state index in [1.54, 1.807) is 0 Å². The van der Waals surface area contributed by atoms with Gasteiger partial charge in [0.25, 0.3) is 0 Å². The number of hydrogen-bond acceptors (Lipinski definition) is 1. The summed E-state index contributed by atoms with van der Waals surface area (Å²) >= 11 is 0. The smallest absolute Gasteiger partial charge is 0.0121 e. The van der Waals surface area contributed by atoms with Crippen molar-refractivity contribution in [2.24, 2.45) is 5.41 Å². The van der Waals surface area contributed by atoms with Crippen molar-refractivity contribution < 1.29 is 0 Å².